The van der Waals surface area contributed by atoms with E-state index < -0.39 is 0 Å². The first-order valence-electron chi connectivity index (χ1n) is 12.4. The van der Waals surface area contributed by atoms with Gasteiger partial charge < -0.3 is 5.32 Å². The molecule has 1 fully saturated rings. The quantitative estimate of drug-likeness (QED) is 0.452. The average Bonchev–Trinajstić information content (AvgIpc) is 2.90. The van der Waals surface area contributed by atoms with E-state index in [4.69, 9.17) is 5.10 Å². The maximum atomic E-state index is 13.2. The third kappa shape index (κ3) is 5.08. The van der Waals surface area contributed by atoms with Gasteiger partial charge in [-0.15, -0.1) is 0 Å². The lowest BCUT2D eigenvalue weighted by Gasteiger charge is -2.34. The number of piperazine rings is 1. The number of hydrogen-bond donors (Lipinski definition) is 1. The van der Waals surface area contributed by atoms with Gasteiger partial charge in [0.05, 0.1) is 24.3 Å². The number of rotatable bonds is 6. The first-order chi connectivity index (χ1) is 17.5. The molecule has 0 unspecified atom stereocenters. The van der Waals surface area contributed by atoms with Crippen LogP contribution >= 0.6 is 0 Å². The minimum absolute atomic E-state index is 0.00271. The smallest absolute Gasteiger partial charge is 0.275 e. The van der Waals surface area contributed by atoms with E-state index in [0.29, 0.717) is 18.6 Å². The Bertz CT molecular complexity index is 1440. The van der Waals surface area contributed by atoms with Crippen LogP contribution in [0.2, 0.25) is 0 Å². The van der Waals surface area contributed by atoms with Crippen LogP contribution in [0, 0.1) is 13.8 Å². The molecule has 0 spiro atoms. The number of carbonyl (C=O) groups excluding carboxylic acids is 1. The van der Waals surface area contributed by atoms with Gasteiger partial charge in [-0.2, -0.15) is 5.10 Å². The number of fused-ring (bicyclic) bond motifs is 1. The zero-order valence-corrected chi connectivity index (χ0v) is 20.8. The minimum Gasteiger partial charge on any atom is -0.325 e. The number of anilines is 1. The molecule has 1 amide bonds. The van der Waals surface area contributed by atoms with Crippen molar-refractivity contribution in [2.75, 3.05) is 38.0 Å². The molecule has 7 nitrogen and oxygen atoms in total. The molecule has 0 radical (unpaired) electrons. The van der Waals surface area contributed by atoms with Gasteiger partial charge in [0.25, 0.3) is 5.56 Å². The van der Waals surface area contributed by atoms with Crippen LogP contribution in [0.3, 0.4) is 0 Å². The Balaban J connectivity index is 1.26. The first kappa shape index (κ1) is 23.9. The highest BCUT2D eigenvalue weighted by molar-refractivity contribution is 5.94. The molecule has 3 aromatic carbocycles. The van der Waals surface area contributed by atoms with Crippen LogP contribution in [0.15, 0.2) is 77.6 Å². The van der Waals surface area contributed by atoms with Crippen LogP contribution in [0.4, 0.5) is 5.69 Å². The summed E-state index contributed by atoms with van der Waals surface area (Å²) in [7, 11) is 0. The molecule has 0 atom stereocenters. The lowest BCUT2D eigenvalue weighted by Crippen LogP contribution is -2.49. The van der Waals surface area contributed by atoms with Crippen molar-refractivity contribution in [3.63, 3.8) is 0 Å². The van der Waals surface area contributed by atoms with Crippen LogP contribution < -0.4 is 10.9 Å². The van der Waals surface area contributed by atoms with Crippen LogP contribution in [0.1, 0.15) is 11.1 Å². The second-order valence-corrected chi connectivity index (χ2v) is 9.40. The highest BCUT2D eigenvalue weighted by Gasteiger charge is 2.21. The maximum Gasteiger partial charge on any atom is 0.275 e. The molecule has 4 aromatic rings. The van der Waals surface area contributed by atoms with Crippen molar-refractivity contribution in [3.8, 4) is 11.3 Å². The summed E-state index contributed by atoms with van der Waals surface area (Å²) in [6.45, 7) is 7.89. The van der Waals surface area contributed by atoms with Crippen LogP contribution in [0.5, 0.6) is 0 Å². The SMILES string of the molecule is Cc1cccc(NC(=O)CN2CCN(Cn3nc(-c4ccccc4)c4ccccc4c3=O)CC2)c1C. The number of aryl methyl sites for hydroxylation is 1. The van der Waals surface area contributed by atoms with Crippen molar-refractivity contribution in [1.82, 2.24) is 19.6 Å². The van der Waals surface area contributed by atoms with Gasteiger partial charge in [-0.05, 0) is 37.1 Å². The molecule has 0 bridgehead atoms. The van der Waals surface area contributed by atoms with Gasteiger partial charge in [0.2, 0.25) is 5.91 Å². The zero-order chi connectivity index (χ0) is 25.1. The monoisotopic (exact) mass is 481 g/mol. The fraction of sp³-hybridized carbons (Fsp3) is 0.276. The lowest BCUT2D eigenvalue weighted by atomic mass is 10.1. The molecule has 1 N–H and O–H groups in total. The van der Waals surface area contributed by atoms with Gasteiger partial charge >= 0.3 is 0 Å². The largest absolute Gasteiger partial charge is 0.325 e. The fourth-order valence-electron chi connectivity index (χ4n) is 4.70. The zero-order valence-electron chi connectivity index (χ0n) is 20.8. The van der Waals surface area contributed by atoms with Crippen molar-refractivity contribution in [1.29, 1.82) is 0 Å². The van der Waals surface area contributed by atoms with Crippen molar-refractivity contribution >= 4 is 22.4 Å². The molecule has 1 aliphatic heterocycles. The highest BCUT2D eigenvalue weighted by Crippen LogP contribution is 2.24. The van der Waals surface area contributed by atoms with Gasteiger partial charge in [0.1, 0.15) is 0 Å². The molecule has 1 saturated heterocycles. The summed E-state index contributed by atoms with van der Waals surface area (Å²) in [5, 5.41) is 9.36. The normalized spacial score (nSPS) is 14.7. The first-order valence-corrected chi connectivity index (χ1v) is 12.4. The molecule has 0 saturated carbocycles. The van der Waals surface area contributed by atoms with Crippen LogP contribution in [0.25, 0.3) is 22.0 Å². The van der Waals surface area contributed by atoms with Crippen molar-refractivity contribution < 1.29 is 4.79 Å². The van der Waals surface area contributed by atoms with E-state index in [0.717, 1.165) is 59.6 Å². The number of carbonyl (C=O) groups is 1. The molecule has 7 heteroatoms. The van der Waals surface area contributed by atoms with E-state index in [2.05, 4.69) is 15.1 Å². The van der Waals surface area contributed by atoms with E-state index in [1.165, 1.54) is 0 Å². The number of amides is 1. The topological polar surface area (TPSA) is 70.5 Å². The summed E-state index contributed by atoms with van der Waals surface area (Å²) >= 11 is 0. The standard InChI is InChI=1S/C29H31N5O2/c1-21-9-8-14-26(22(21)2)30-27(35)19-32-15-17-33(18-16-32)20-34-29(36)25-13-7-6-12-24(25)28(31-34)23-10-4-3-5-11-23/h3-14H,15-20H2,1-2H3,(H,30,35). The van der Waals surface area contributed by atoms with Gasteiger partial charge in [-0.25, -0.2) is 4.68 Å². The number of benzene rings is 3. The molecule has 0 aliphatic carbocycles. The second kappa shape index (κ2) is 10.4. The van der Waals surface area contributed by atoms with Crippen molar-refractivity contribution in [2.24, 2.45) is 0 Å². The van der Waals surface area contributed by atoms with E-state index in [9.17, 15) is 9.59 Å². The predicted octanol–water partition coefficient (Wildman–Crippen LogP) is 3.89. The highest BCUT2D eigenvalue weighted by atomic mass is 16.2. The molecule has 36 heavy (non-hydrogen) atoms. The maximum absolute atomic E-state index is 13.2. The Morgan fingerprint density at radius 1 is 0.833 bits per heavy atom. The second-order valence-electron chi connectivity index (χ2n) is 9.40. The molecular formula is C29H31N5O2. The Kier molecular flexibility index (Phi) is 6.93. The summed E-state index contributed by atoms with van der Waals surface area (Å²) in [5.74, 6) is -0.00271. The number of nitrogens with zero attached hydrogens (tertiary/aromatic N) is 4. The average molecular weight is 482 g/mol. The van der Waals surface area contributed by atoms with E-state index in [1.807, 2.05) is 86.6 Å². The summed E-state index contributed by atoms with van der Waals surface area (Å²) in [6.07, 6.45) is 0. The van der Waals surface area contributed by atoms with Gasteiger partial charge in [0.15, 0.2) is 0 Å². The number of hydrogen-bond acceptors (Lipinski definition) is 5. The molecule has 2 heterocycles. The predicted molar refractivity (Wildman–Crippen MR) is 144 cm³/mol. The summed E-state index contributed by atoms with van der Waals surface area (Å²) in [5.41, 5.74) is 4.85. The van der Waals surface area contributed by atoms with Crippen LogP contribution in [-0.2, 0) is 11.5 Å². The Hall–Kier alpha value is -3.81. The summed E-state index contributed by atoms with van der Waals surface area (Å²) in [4.78, 5) is 30.2. The van der Waals surface area contributed by atoms with Crippen molar-refractivity contribution in [2.45, 2.75) is 20.5 Å². The minimum atomic E-state index is -0.0828. The summed E-state index contributed by atoms with van der Waals surface area (Å²) < 4.78 is 1.58. The molecule has 1 aliphatic rings. The fourth-order valence-corrected chi connectivity index (χ4v) is 4.70. The summed E-state index contributed by atoms with van der Waals surface area (Å²) in [6, 6.07) is 23.6. The molecule has 184 valence electrons. The number of aromatic nitrogens is 2. The molecule has 5 rings (SSSR count). The third-order valence-electron chi connectivity index (χ3n) is 6.96. The molecule has 1 aromatic heterocycles. The van der Waals surface area contributed by atoms with Crippen molar-refractivity contribution in [3.05, 3.63) is 94.3 Å². The Labute approximate surface area is 211 Å². The van der Waals surface area contributed by atoms with E-state index in [-0.39, 0.29) is 11.5 Å². The Morgan fingerprint density at radius 3 is 2.25 bits per heavy atom. The Morgan fingerprint density at radius 2 is 1.50 bits per heavy atom. The van der Waals surface area contributed by atoms with Crippen LogP contribution in [-0.4, -0.2) is 58.2 Å². The number of nitrogens with one attached hydrogen (secondary N) is 1. The van der Waals surface area contributed by atoms with E-state index in [1.54, 1.807) is 4.68 Å². The molecular weight excluding hydrogens is 450 g/mol. The van der Waals surface area contributed by atoms with Gasteiger partial charge in [-0.1, -0.05) is 60.7 Å². The van der Waals surface area contributed by atoms with Gasteiger partial charge in [0, 0.05) is 42.8 Å². The lowest BCUT2D eigenvalue weighted by molar-refractivity contribution is -0.117. The third-order valence-corrected chi connectivity index (χ3v) is 6.96. The van der Waals surface area contributed by atoms with Gasteiger partial charge in [-0.3, -0.25) is 19.4 Å². The van der Waals surface area contributed by atoms with E-state index >= 15 is 0 Å².